The van der Waals surface area contributed by atoms with Gasteiger partial charge in [0.25, 0.3) is 0 Å². The molecule has 2 aromatic rings. The van der Waals surface area contributed by atoms with Gasteiger partial charge in [0.1, 0.15) is 12.2 Å². The zero-order valence-electron chi connectivity index (χ0n) is 15.1. The van der Waals surface area contributed by atoms with Crippen LogP contribution in [0.2, 0.25) is 0 Å². The van der Waals surface area contributed by atoms with Gasteiger partial charge in [0.05, 0.1) is 11.8 Å². The molecule has 0 atom stereocenters. The van der Waals surface area contributed by atoms with Gasteiger partial charge in [-0.15, -0.1) is 0 Å². The molecule has 0 saturated carbocycles. The van der Waals surface area contributed by atoms with Crippen molar-refractivity contribution in [3.05, 3.63) is 58.7 Å². The second-order valence-corrected chi connectivity index (χ2v) is 6.10. The monoisotopic (exact) mass is 393 g/mol. The van der Waals surface area contributed by atoms with Crippen LogP contribution in [-0.2, 0) is 15.8 Å². The molecular formula is C19H18F3N3O3. The molecule has 6 nitrogen and oxygen atoms in total. The molecule has 9 heteroatoms. The first-order valence-electron chi connectivity index (χ1n) is 8.15. The number of hydrazone groups is 1. The number of hydrogen-bond acceptors (Lipinski definition) is 4. The quantitative estimate of drug-likeness (QED) is 0.413. The van der Waals surface area contributed by atoms with Gasteiger partial charge in [0.2, 0.25) is 11.8 Å². The Balaban J connectivity index is 1.90. The van der Waals surface area contributed by atoms with E-state index in [0.29, 0.717) is 16.7 Å². The van der Waals surface area contributed by atoms with E-state index in [9.17, 15) is 27.9 Å². The van der Waals surface area contributed by atoms with Gasteiger partial charge in [0.15, 0.2) is 0 Å². The van der Waals surface area contributed by atoms with Crippen LogP contribution >= 0.6 is 0 Å². The summed E-state index contributed by atoms with van der Waals surface area (Å²) in [6.07, 6.45) is -3.79. The molecule has 0 aliphatic carbocycles. The van der Waals surface area contributed by atoms with Gasteiger partial charge in [-0.25, -0.2) is 5.43 Å². The lowest BCUT2D eigenvalue weighted by Gasteiger charge is -2.09. The molecule has 0 radical (unpaired) electrons. The maximum atomic E-state index is 12.7. The highest BCUT2D eigenvalue weighted by atomic mass is 19.4. The second kappa shape index (κ2) is 8.55. The number of amides is 2. The molecule has 0 saturated heterocycles. The van der Waals surface area contributed by atoms with Gasteiger partial charge in [-0.2, -0.15) is 18.3 Å². The van der Waals surface area contributed by atoms with Crippen molar-refractivity contribution in [2.45, 2.75) is 26.4 Å². The fourth-order valence-electron chi connectivity index (χ4n) is 2.41. The molecule has 2 amide bonds. The van der Waals surface area contributed by atoms with E-state index in [1.54, 1.807) is 26.0 Å². The van der Waals surface area contributed by atoms with Crippen molar-refractivity contribution in [2.75, 3.05) is 5.32 Å². The molecule has 0 aliphatic heterocycles. The van der Waals surface area contributed by atoms with Crippen LogP contribution in [0, 0.1) is 13.8 Å². The minimum atomic E-state index is -4.53. The SMILES string of the molecule is Cc1cc(C=NNC(=O)CC(=O)Nc2cccc(C(F)(F)F)c2)cc(C)c1O. The van der Waals surface area contributed by atoms with E-state index in [0.717, 1.165) is 18.2 Å². The number of hydrogen-bond donors (Lipinski definition) is 3. The number of aryl methyl sites for hydroxylation is 2. The third-order valence-electron chi connectivity index (χ3n) is 3.71. The number of aromatic hydroxyl groups is 1. The van der Waals surface area contributed by atoms with Crippen molar-refractivity contribution in [3.63, 3.8) is 0 Å². The fourth-order valence-corrected chi connectivity index (χ4v) is 2.41. The Hall–Kier alpha value is -3.36. The number of anilines is 1. The molecule has 0 bridgehead atoms. The first-order chi connectivity index (χ1) is 13.1. The van der Waals surface area contributed by atoms with Gasteiger partial charge in [-0.3, -0.25) is 9.59 Å². The van der Waals surface area contributed by atoms with Crippen LogP contribution in [0.15, 0.2) is 41.5 Å². The molecule has 28 heavy (non-hydrogen) atoms. The molecule has 3 N–H and O–H groups in total. The van der Waals surface area contributed by atoms with Crippen molar-refractivity contribution in [3.8, 4) is 5.75 Å². The van der Waals surface area contributed by atoms with Crippen molar-refractivity contribution >= 4 is 23.7 Å². The summed E-state index contributed by atoms with van der Waals surface area (Å²) in [5.41, 5.74) is 3.13. The third-order valence-corrected chi connectivity index (χ3v) is 3.71. The largest absolute Gasteiger partial charge is 0.507 e. The summed E-state index contributed by atoms with van der Waals surface area (Å²) in [6.45, 7) is 3.44. The number of alkyl halides is 3. The van der Waals surface area contributed by atoms with E-state index in [1.165, 1.54) is 12.3 Å². The van der Waals surface area contributed by atoms with Crippen LogP contribution in [0.1, 0.15) is 28.7 Å². The summed E-state index contributed by atoms with van der Waals surface area (Å²) in [5, 5.41) is 15.7. The minimum Gasteiger partial charge on any atom is -0.507 e. The Morgan fingerprint density at radius 1 is 1.11 bits per heavy atom. The molecule has 0 unspecified atom stereocenters. The molecule has 0 aromatic heterocycles. The lowest BCUT2D eigenvalue weighted by Crippen LogP contribution is -2.24. The summed E-state index contributed by atoms with van der Waals surface area (Å²) < 4.78 is 38.0. The molecule has 148 valence electrons. The summed E-state index contributed by atoms with van der Waals surface area (Å²) in [6, 6.07) is 7.44. The number of phenolic OH excluding ortho intramolecular Hbond substituents is 1. The van der Waals surface area contributed by atoms with Crippen molar-refractivity contribution in [2.24, 2.45) is 5.10 Å². The Labute approximate surface area is 159 Å². The van der Waals surface area contributed by atoms with Gasteiger partial charge in [-0.1, -0.05) is 6.07 Å². The van der Waals surface area contributed by atoms with Crippen LogP contribution in [0.3, 0.4) is 0 Å². The summed E-state index contributed by atoms with van der Waals surface area (Å²) >= 11 is 0. The summed E-state index contributed by atoms with van der Waals surface area (Å²) in [7, 11) is 0. The van der Waals surface area contributed by atoms with Crippen LogP contribution in [0.25, 0.3) is 0 Å². The average molecular weight is 393 g/mol. The van der Waals surface area contributed by atoms with E-state index in [1.807, 2.05) is 0 Å². The van der Waals surface area contributed by atoms with Crippen LogP contribution in [-0.4, -0.2) is 23.1 Å². The fraction of sp³-hybridized carbons (Fsp3) is 0.211. The van der Waals surface area contributed by atoms with Crippen LogP contribution in [0.5, 0.6) is 5.75 Å². The topological polar surface area (TPSA) is 90.8 Å². The van der Waals surface area contributed by atoms with E-state index in [4.69, 9.17) is 0 Å². The third kappa shape index (κ3) is 5.83. The predicted octanol–water partition coefficient (Wildman–Crippen LogP) is 3.51. The first kappa shape index (κ1) is 20.9. The normalized spacial score (nSPS) is 11.5. The van der Waals surface area contributed by atoms with Crippen LogP contribution in [0.4, 0.5) is 18.9 Å². The number of carbonyl (C=O) groups is 2. The number of nitrogens with one attached hydrogen (secondary N) is 2. The lowest BCUT2D eigenvalue weighted by molar-refractivity contribution is -0.137. The van der Waals surface area contributed by atoms with Crippen molar-refractivity contribution < 1.29 is 27.9 Å². The number of phenols is 1. The Morgan fingerprint density at radius 3 is 2.36 bits per heavy atom. The minimum absolute atomic E-state index is 0.0637. The van der Waals surface area contributed by atoms with Gasteiger partial charge >= 0.3 is 6.18 Å². The zero-order valence-corrected chi connectivity index (χ0v) is 15.1. The van der Waals surface area contributed by atoms with Gasteiger partial charge < -0.3 is 10.4 Å². The predicted molar refractivity (Wildman–Crippen MR) is 98.0 cm³/mol. The molecule has 0 heterocycles. The van der Waals surface area contributed by atoms with Gasteiger partial charge in [-0.05, 0) is 60.9 Å². The summed E-state index contributed by atoms with van der Waals surface area (Å²) in [4.78, 5) is 23.6. The second-order valence-electron chi connectivity index (χ2n) is 6.10. The number of rotatable bonds is 5. The molecule has 2 aromatic carbocycles. The standard InChI is InChI=1S/C19H18F3N3O3/c1-11-6-13(7-12(2)18(11)28)10-23-25-17(27)9-16(26)24-15-5-3-4-14(8-15)19(20,21)22/h3-8,10,28H,9H2,1-2H3,(H,24,26)(H,25,27). The Bertz CT molecular complexity index is 901. The van der Waals surface area contributed by atoms with Gasteiger partial charge in [0, 0.05) is 5.69 Å². The molecule has 0 spiro atoms. The maximum Gasteiger partial charge on any atom is 0.416 e. The Kier molecular flexibility index (Phi) is 6.40. The number of halogens is 3. The number of nitrogens with zero attached hydrogens (tertiary/aromatic N) is 1. The average Bonchev–Trinajstić information content (AvgIpc) is 2.59. The van der Waals surface area contributed by atoms with Crippen LogP contribution < -0.4 is 10.7 Å². The molecule has 0 aliphatic rings. The van der Waals surface area contributed by atoms with E-state index < -0.39 is 30.0 Å². The van der Waals surface area contributed by atoms with E-state index >= 15 is 0 Å². The first-order valence-corrected chi connectivity index (χ1v) is 8.15. The van der Waals surface area contributed by atoms with Crippen molar-refractivity contribution in [1.29, 1.82) is 0 Å². The number of carbonyl (C=O) groups excluding carboxylic acids is 2. The van der Waals surface area contributed by atoms with E-state index in [2.05, 4.69) is 15.8 Å². The highest BCUT2D eigenvalue weighted by molar-refractivity contribution is 6.03. The lowest BCUT2D eigenvalue weighted by atomic mass is 10.1. The van der Waals surface area contributed by atoms with E-state index in [-0.39, 0.29) is 11.4 Å². The summed E-state index contributed by atoms with van der Waals surface area (Å²) in [5.74, 6) is -1.33. The highest BCUT2D eigenvalue weighted by Gasteiger charge is 2.30. The molecule has 2 rings (SSSR count). The Morgan fingerprint density at radius 2 is 1.75 bits per heavy atom. The number of benzene rings is 2. The van der Waals surface area contributed by atoms with Crippen molar-refractivity contribution in [1.82, 2.24) is 5.43 Å². The zero-order chi connectivity index (χ0) is 20.9. The smallest absolute Gasteiger partial charge is 0.416 e. The molecular weight excluding hydrogens is 375 g/mol. The highest BCUT2D eigenvalue weighted by Crippen LogP contribution is 2.30. The molecule has 0 fully saturated rings. The maximum absolute atomic E-state index is 12.7.